The fourth-order valence-corrected chi connectivity index (χ4v) is 4.98. The van der Waals surface area contributed by atoms with E-state index in [0.717, 1.165) is 5.56 Å². The van der Waals surface area contributed by atoms with E-state index in [9.17, 15) is 13.2 Å². The van der Waals surface area contributed by atoms with Crippen LogP contribution in [0, 0.1) is 0 Å². The van der Waals surface area contributed by atoms with Crippen molar-refractivity contribution in [3.05, 3.63) is 65.7 Å². The number of fused-ring (bicyclic) bond motifs is 4. The Morgan fingerprint density at radius 3 is 2.48 bits per heavy atom. The molecule has 2 aliphatic heterocycles. The lowest BCUT2D eigenvalue weighted by molar-refractivity contribution is -0.138. The number of piperazine rings is 1. The average Bonchev–Trinajstić information content (AvgIpc) is 2.56. The highest BCUT2D eigenvalue weighted by Gasteiger charge is 2.45. The van der Waals surface area contributed by atoms with Crippen LogP contribution in [-0.2, 0) is 21.4 Å². The van der Waals surface area contributed by atoms with E-state index in [0.29, 0.717) is 23.5 Å². The van der Waals surface area contributed by atoms with Gasteiger partial charge in [-0.05, 0) is 17.2 Å². The topological polar surface area (TPSA) is 57.7 Å². The highest BCUT2D eigenvalue weighted by molar-refractivity contribution is 7.89. The molecule has 1 saturated heterocycles. The van der Waals surface area contributed by atoms with E-state index >= 15 is 0 Å². The number of hydrogen-bond donors (Lipinski definition) is 0. The van der Waals surface area contributed by atoms with Gasteiger partial charge in [-0.25, -0.2) is 8.42 Å². The SMILES string of the molecule is O=C1CN2CC(c3ccccc3S2(=O)=O)N1Cc1ccccc1. The van der Waals surface area contributed by atoms with Gasteiger partial charge in [0.05, 0.1) is 17.5 Å². The molecule has 2 aromatic rings. The minimum absolute atomic E-state index is 0.0833. The summed E-state index contributed by atoms with van der Waals surface area (Å²) in [6.07, 6.45) is 0. The van der Waals surface area contributed by atoms with E-state index in [1.807, 2.05) is 42.5 Å². The summed E-state index contributed by atoms with van der Waals surface area (Å²) in [5, 5.41) is 0. The first-order chi connectivity index (χ1) is 11.1. The second kappa shape index (κ2) is 5.18. The molecule has 0 aromatic heterocycles. The molecule has 0 aliphatic carbocycles. The van der Waals surface area contributed by atoms with Crippen molar-refractivity contribution in [2.45, 2.75) is 17.5 Å². The molecule has 4 rings (SSSR count). The van der Waals surface area contributed by atoms with Crippen LogP contribution in [0.2, 0.25) is 0 Å². The number of rotatable bonds is 2. The van der Waals surface area contributed by atoms with Crippen LogP contribution in [0.3, 0.4) is 0 Å². The van der Waals surface area contributed by atoms with Crippen molar-refractivity contribution in [2.24, 2.45) is 0 Å². The van der Waals surface area contributed by atoms with Crippen molar-refractivity contribution < 1.29 is 13.2 Å². The van der Waals surface area contributed by atoms with Gasteiger partial charge in [-0.1, -0.05) is 48.5 Å². The molecular weight excluding hydrogens is 312 g/mol. The van der Waals surface area contributed by atoms with Crippen LogP contribution in [0.15, 0.2) is 59.5 Å². The van der Waals surface area contributed by atoms with Gasteiger partial charge in [0, 0.05) is 13.1 Å². The van der Waals surface area contributed by atoms with E-state index in [1.54, 1.807) is 17.0 Å². The lowest BCUT2D eigenvalue weighted by atomic mass is 10.0. The molecule has 1 amide bonds. The van der Waals surface area contributed by atoms with Crippen LogP contribution in [0.25, 0.3) is 0 Å². The number of amides is 1. The summed E-state index contributed by atoms with van der Waals surface area (Å²) < 4.78 is 26.5. The molecule has 5 nitrogen and oxygen atoms in total. The molecule has 1 fully saturated rings. The summed E-state index contributed by atoms with van der Waals surface area (Å²) in [5.74, 6) is -0.150. The standard InChI is InChI=1S/C17H16N2O3S/c20-17-12-18-11-15(19(17)10-13-6-2-1-3-7-13)14-8-4-5-9-16(14)23(18,21)22/h1-9,15H,10-12H2. The van der Waals surface area contributed by atoms with Gasteiger partial charge in [-0.3, -0.25) is 4.79 Å². The fourth-order valence-electron chi connectivity index (χ4n) is 3.33. The lowest BCUT2D eigenvalue weighted by Crippen LogP contribution is -2.56. The third-order valence-corrected chi connectivity index (χ3v) is 6.36. The third-order valence-electron chi connectivity index (χ3n) is 4.48. The molecule has 2 heterocycles. The highest BCUT2D eigenvalue weighted by Crippen LogP contribution is 2.39. The molecule has 2 bridgehead atoms. The number of carbonyl (C=O) groups is 1. The van der Waals surface area contributed by atoms with E-state index in [4.69, 9.17) is 0 Å². The van der Waals surface area contributed by atoms with E-state index in [2.05, 4.69) is 0 Å². The molecule has 23 heavy (non-hydrogen) atoms. The fraction of sp³-hybridized carbons (Fsp3) is 0.235. The summed E-state index contributed by atoms with van der Waals surface area (Å²) in [4.78, 5) is 14.6. The highest BCUT2D eigenvalue weighted by atomic mass is 32.2. The molecule has 118 valence electrons. The zero-order valence-electron chi connectivity index (χ0n) is 12.4. The van der Waals surface area contributed by atoms with Crippen LogP contribution < -0.4 is 0 Å². The zero-order chi connectivity index (χ0) is 16.0. The average molecular weight is 328 g/mol. The maximum Gasteiger partial charge on any atom is 0.243 e. The van der Waals surface area contributed by atoms with Crippen molar-refractivity contribution in [3.63, 3.8) is 0 Å². The van der Waals surface area contributed by atoms with E-state index < -0.39 is 10.0 Å². The monoisotopic (exact) mass is 328 g/mol. The van der Waals surface area contributed by atoms with Gasteiger partial charge in [0.15, 0.2) is 0 Å². The first-order valence-corrected chi connectivity index (χ1v) is 8.94. The first-order valence-electron chi connectivity index (χ1n) is 7.50. The minimum atomic E-state index is -3.56. The molecule has 0 saturated carbocycles. The Kier molecular flexibility index (Phi) is 3.25. The summed E-state index contributed by atoms with van der Waals surface area (Å²) in [5.41, 5.74) is 1.76. The Bertz CT molecular complexity index is 864. The number of carbonyl (C=O) groups excluding carboxylic acids is 1. The normalized spacial score (nSPS) is 25.0. The Labute approximate surface area is 135 Å². The lowest BCUT2D eigenvalue weighted by Gasteiger charge is -2.44. The first kappa shape index (κ1) is 14.4. The predicted octanol–water partition coefficient (Wildman–Crippen LogP) is 1.77. The molecule has 2 aliphatic rings. The third kappa shape index (κ3) is 2.26. The second-order valence-corrected chi connectivity index (χ2v) is 7.76. The van der Waals surface area contributed by atoms with Crippen LogP contribution in [0.4, 0.5) is 0 Å². The molecule has 2 unspecified atom stereocenters. The quantitative estimate of drug-likeness (QED) is 0.844. The van der Waals surface area contributed by atoms with Gasteiger partial charge in [0.1, 0.15) is 0 Å². The smallest absolute Gasteiger partial charge is 0.243 e. The zero-order valence-corrected chi connectivity index (χ0v) is 13.2. The summed E-state index contributed by atoms with van der Waals surface area (Å²) in [6, 6.07) is 16.5. The Balaban J connectivity index is 1.78. The van der Waals surface area contributed by atoms with Crippen LogP contribution in [-0.4, -0.2) is 36.6 Å². The molecular formula is C17H16N2O3S. The number of benzene rings is 2. The molecule has 2 aromatic carbocycles. The van der Waals surface area contributed by atoms with Crippen LogP contribution in [0.1, 0.15) is 17.2 Å². The summed E-state index contributed by atoms with van der Waals surface area (Å²) in [7, 11) is -3.56. The maximum atomic E-state index is 12.6. The van der Waals surface area contributed by atoms with E-state index in [-0.39, 0.29) is 18.5 Å². The minimum Gasteiger partial charge on any atom is -0.329 e. The number of nitrogens with zero attached hydrogens (tertiary/aromatic N) is 2. The number of sulfonamides is 1. The molecule has 0 spiro atoms. The maximum absolute atomic E-state index is 12.6. The van der Waals surface area contributed by atoms with Crippen LogP contribution >= 0.6 is 0 Å². The Hall–Kier alpha value is -2.18. The Morgan fingerprint density at radius 1 is 1.00 bits per heavy atom. The van der Waals surface area contributed by atoms with Crippen molar-refractivity contribution >= 4 is 15.9 Å². The second-order valence-electron chi connectivity index (χ2n) is 5.86. The largest absolute Gasteiger partial charge is 0.329 e. The molecule has 0 radical (unpaired) electrons. The Morgan fingerprint density at radius 2 is 1.70 bits per heavy atom. The van der Waals surface area contributed by atoms with Crippen molar-refractivity contribution in [3.8, 4) is 0 Å². The van der Waals surface area contributed by atoms with E-state index in [1.165, 1.54) is 4.31 Å². The summed E-state index contributed by atoms with van der Waals surface area (Å²) in [6.45, 7) is 0.741. The van der Waals surface area contributed by atoms with Gasteiger partial charge < -0.3 is 4.90 Å². The van der Waals surface area contributed by atoms with Crippen molar-refractivity contribution in [1.29, 1.82) is 0 Å². The molecule has 6 heteroatoms. The van der Waals surface area contributed by atoms with Crippen molar-refractivity contribution in [1.82, 2.24) is 9.21 Å². The van der Waals surface area contributed by atoms with Gasteiger partial charge in [0.25, 0.3) is 0 Å². The predicted molar refractivity (Wildman–Crippen MR) is 84.9 cm³/mol. The molecule has 2 atom stereocenters. The van der Waals surface area contributed by atoms with Crippen molar-refractivity contribution in [2.75, 3.05) is 13.1 Å². The van der Waals surface area contributed by atoms with Gasteiger partial charge >= 0.3 is 0 Å². The van der Waals surface area contributed by atoms with Gasteiger partial charge in [-0.2, -0.15) is 4.31 Å². The van der Waals surface area contributed by atoms with Crippen LogP contribution in [0.5, 0.6) is 0 Å². The van der Waals surface area contributed by atoms with Gasteiger partial charge in [0.2, 0.25) is 15.9 Å². The number of hydrogen-bond acceptors (Lipinski definition) is 3. The summed E-state index contributed by atoms with van der Waals surface area (Å²) >= 11 is 0. The molecule has 0 N–H and O–H groups in total. The van der Waals surface area contributed by atoms with Gasteiger partial charge in [-0.15, -0.1) is 0 Å².